The molecule has 2 bridgehead atoms. The van der Waals surface area contributed by atoms with E-state index in [1.165, 1.54) is 31.7 Å². The lowest BCUT2D eigenvalue weighted by Crippen LogP contribution is -2.64. The second-order valence-corrected chi connectivity index (χ2v) is 6.70. The molecule has 0 spiro atoms. The highest BCUT2D eigenvalue weighted by molar-refractivity contribution is 8.00. The maximum atomic E-state index is 6.09. The molecule has 0 amide bonds. The zero-order valence-corrected chi connectivity index (χ0v) is 9.67. The van der Waals surface area contributed by atoms with Crippen LogP contribution < -0.4 is 5.73 Å². The van der Waals surface area contributed by atoms with Gasteiger partial charge in [-0.2, -0.15) is 11.8 Å². The lowest BCUT2D eigenvalue weighted by atomic mass is 9.66. The third-order valence-electron chi connectivity index (χ3n) is 4.44. The van der Waals surface area contributed by atoms with Crippen molar-refractivity contribution >= 4 is 11.8 Å². The molecule has 0 aromatic rings. The van der Waals surface area contributed by atoms with Gasteiger partial charge in [-0.05, 0) is 30.4 Å². The van der Waals surface area contributed by atoms with Gasteiger partial charge in [0.05, 0.1) is 0 Å². The van der Waals surface area contributed by atoms with Crippen LogP contribution in [0.2, 0.25) is 0 Å². The second-order valence-electron chi connectivity index (χ2n) is 5.22. The van der Waals surface area contributed by atoms with Gasteiger partial charge >= 0.3 is 0 Å². The molecule has 1 saturated carbocycles. The molecular weight excluding hydrogens is 192 g/mol. The van der Waals surface area contributed by atoms with E-state index < -0.39 is 0 Å². The van der Waals surface area contributed by atoms with Crippen LogP contribution in [0, 0.1) is 11.8 Å². The van der Waals surface area contributed by atoms with Crippen molar-refractivity contribution in [1.82, 2.24) is 4.90 Å². The summed E-state index contributed by atoms with van der Waals surface area (Å²) in [5, 5.41) is 0.851. The Kier molecular flexibility index (Phi) is 2.30. The predicted molar refractivity (Wildman–Crippen MR) is 61.5 cm³/mol. The second kappa shape index (κ2) is 3.39. The summed E-state index contributed by atoms with van der Waals surface area (Å²) in [5.41, 5.74) is 6.09. The maximum absolute atomic E-state index is 6.09. The van der Waals surface area contributed by atoms with E-state index in [4.69, 9.17) is 5.73 Å². The zero-order valence-electron chi connectivity index (χ0n) is 8.86. The van der Waals surface area contributed by atoms with Crippen molar-refractivity contribution in [3.63, 3.8) is 0 Å². The minimum Gasteiger partial charge on any atom is -0.327 e. The van der Waals surface area contributed by atoms with E-state index in [2.05, 4.69) is 23.6 Å². The molecule has 0 aromatic carbocycles. The highest BCUT2D eigenvalue weighted by Gasteiger charge is 2.47. The van der Waals surface area contributed by atoms with E-state index in [9.17, 15) is 0 Å². The topological polar surface area (TPSA) is 29.3 Å². The molecule has 4 aliphatic rings. The maximum Gasteiger partial charge on any atom is 0.0220 e. The molecule has 4 unspecified atom stereocenters. The first-order valence-corrected chi connectivity index (χ1v) is 6.92. The third kappa shape index (κ3) is 1.33. The summed E-state index contributed by atoms with van der Waals surface area (Å²) in [6.07, 6.45) is 2.81. The van der Waals surface area contributed by atoms with Gasteiger partial charge in [-0.3, -0.25) is 4.90 Å². The van der Waals surface area contributed by atoms with Gasteiger partial charge in [0.15, 0.2) is 0 Å². The first-order valence-electron chi connectivity index (χ1n) is 5.87. The van der Waals surface area contributed by atoms with E-state index in [-0.39, 0.29) is 0 Å². The summed E-state index contributed by atoms with van der Waals surface area (Å²) < 4.78 is 0. The fourth-order valence-corrected chi connectivity index (χ4v) is 4.71. The lowest BCUT2D eigenvalue weighted by molar-refractivity contribution is -0.0185. The predicted octanol–water partition coefficient (Wildman–Crippen LogP) is 1.16. The number of nitrogens with two attached hydrogens (primary N) is 1. The number of nitrogens with zero attached hydrogens (tertiary/aromatic N) is 1. The molecular formula is C11H20N2S. The van der Waals surface area contributed by atoms with Crippen LogP contribution in [0.1, 0.15) is 19.8 Å². The smallest absolute Gasteiger partial charge is 0.0220 e. The standard InChI is InChI=1S/C11H20N2S/c1-7-10(2-3-14-7)13-5-8-4-9(6-13)11(8)12/h7-11H,2-6,12H2,1H3. The monoisotopic (exact) mass is 212 g/mol. The van der Waals surface area contributed by atoms with E-state index in [1.54, 1.807) is 0 Å². The number of fused-ring (bicyclic) bond motifs is 2. The van der Waals surface area contributed by atoms with Crippen LogP contribution in [0.5, 0.6) is 0 Å². The summed E-state index contributed by atoms with van der Waals surface area (Å²) in [7, 11) is 0. The van der Waals surface area contributed by atoms with Gasteiger partial charge in [-0.1, -0.05) is 6.92 Å². The van der Waals surface area contributed by atoms with Crippen LogP contribution in [0.15, 0.2) is 0 Å². The van der Waals surface area contributed by atoms with Gasteiger partial charge in [-0.15, -0.1) is 0 Å². The summed E-state index contributed by atoms with van der Waals surface area (Å²) in [4.78, 5) is 2.73. The Morgan fingerprint density at radius 1 is 1.29 bits per heavy atom. The number of rotatable bonds is 1. The van der Waals surface area contributed by atoms with Crippen molar-refractivity contribution in [2.45, 2.75) is 37.1 Å². The van der Waals surface area contributed by atoms with Crippen molar-refractivity contribution in [2.24, 2.45) is 17.6 Å². The molecule has 0 aromatic heterocycles. The van der Waals surface area contributed by atoms with E-state index in [0.29, 0.717) is 6.04 Å². The Morgan fingerprint density at radius 2 is 2.00 bits per heavy atom. The van der Waals surface area contributed by atoms with Crippen molar-refractivity contribution in [1.29, 1.82) is 0 Å². The molecule has 14 heavy (non-hydrogen) atoms. The van der Waals surface area contributed by atoms with Gasteiger partial charge in [0.1, 0.15) is 0 Å². The van der Waals surface area contributed by atoms with Crippen LogP contribution >= 0.6 is 11.8 Å². The van der Waals surface area contributed by atoms with Crippen molar-refractivity contribution in [3.8, 4) is 0 Å². The number of thioether (sulfide) groups is 1. The molecule has 3 saturated heterocycles. The van der Waals surface area contributed by atoms with Crippen molar-refractivity contribution < 1.29 is 0 Å². The van der Waals surface area contributed by atoms with E-state index in [0.717, 1.165) is 23.1 Å². The summed E-state index contributed by atoms with van der Waals surface area (Å²) >= 11 is 2.14. The largest absolute Gasteiger partial charge is 0.327 e. The molecule has 80 valence electrons. The van der Waals surface area contributed by atoms with Crippen molar-refractivity contribution in [3.05, 3.63) is 0 Å². The SMILES string of the molecule is CC1SCCC1N1CC2CC(C1)C2N. The summed E-state index contributed by atoms with van der Waals surface area (Å²) in [6, 6.07) is 1.40. The van der Waals surface area contributed by atoms with Crippen molar-refractivity contribution in [2.75, 3.05) is 18.8 Å². The number of piperidine rings is 2. The van der Waals surface area contributed by atoms with Gasteiger partial charge in [-0.25, -0.2) is 0 Å². The minimum atomic E-state index is 0.538. The number of hydrogen-bond donors (Lipinski definition) is 1. The molecule has 3 heterocycles. The van der Waals surface area contributed by atoms with Crippen LogP contribution in [-0.2, 0) is 0 Å². The van der Waals surface area contributed by atoms with Gasteiger partial charge in [0.2, 0.25) is 0 Å². The fraction of sp³-hybridized carbons (Fsp3) is 1.00. The van der Waals surface area contributed by atoms with Crippen LogP contribution in [0.3, 0.4) is 0 Å². The van der Waals surface area contributed by atoms with Gasteiger partial charge in [0.25, 0.3) is 0 Å². The molecule has 2 nitrogen and oxygen atoms in total. The Labute approximate surface area is 90.6 Å². The van der Waals surface area contributed by atoms with Crippen LogP contribution in [-0.4, -0.2) is 41.1 Å². The first-order chi connectivity index (χ1) is 6.75. The average Bonchev–Trinajstić information content (AvgIpc) is 2.64. The molecule has 2 N–H and O–H groups in total. The highest BCUT2D eigenvalue weighted by atomic mass is 32.2. The lowest BCUT2D eigenvalue weighted by Gasteiger charge is -2.54. The molecule has 4 fully saturated rings. The first kappa shape index (κ1) is 9.49. The third-order valence-corrected chi connectivity index (χ3v) is 5.75. The molecule has 3 aliphatic heterocycles. The van der Waals surface area contributed by atoms with E-state index in [1.807, 2.05) is 0 Å². The summed E-state index contributed by atoms with van der Waals surface area (Å²) in [5.74, 6) is 3.02. The quantitative estimate of drug-likeness (QED) is 0.707. The average molecular weight is 212 g/mol. The Bertz CT molecular complexity index is 221. The highest BCUT2D eigenvalue weighted by Crippen LogP contribution is 2.42. The Hall–Kier alpha value is 0.270. The van der Waals surface area contributed by atoms with E-state index >= 15 is 0 Å². The molecule has 3 heteroatoms. The minimum absolute atomic E-state index is 0.538. The molecule has 0 radical (unpaired) electrons. The summed E-state index contributed by atoms with van der Waals surface area (Å²) in [6.45, 7) is 4.96. The van der Waals surface area contributed by atoms with Crippen LogP contribution in [0.25, 0.3) is 0 Å². The molecule has 4 atom stereocenters. The molecule has 4 rings (SSSR count). The zero-order chi connectivity index (χ0) is 9.71. The Balaban J connectivity index is 1.65. The van der Waals surface area contributed by atoms with Gasteiger partial charge < -0.3 is 5.73 Å². The van der Waals surface area contributed by atoms with Crippen LogP contribution in [0.4, 0.5) is 0 Å². The normalized spacial score (nSPS) is 53.1. The molecule has 1 aliphatic carbocycles. The number of hydrogen-bond acceptors (Lipinski definition) is 3. The van der Waals surface area contributed by atoms with Gasteiger partial charge in [0, 0.05) is 30.4 Å². The Morgan fingerprint density at radius 3 is 2.50 bits per heavy atom. The fourth-order valence-electron chi connectivity index (χ4n) is 3.43.